The molecule has 0 unspecified atom stereocenters. The van der Waals surface area contributed by atoms with Crippen LogP contribution >= 0.6 is 0 Å². The highest BCUT2D eigenvalue weighted by Crippen LogP contribution is 2.47. The average Bonchev–Trinajstić information content (AvgIpc) is 2.84. The molecular weight excluding hydrogens is 200 g/mol. The minimum absolute atomic E-state index is 0.250. The molecule has 0 aliphatic heterocycles. The fourth-order valence-corrected chi connectivity index (χ4v) is 2.55. The molecule has 0 heterocycles. The van der Waals surface area contributed by atoms with Crippen LogP contribution < -0.4 is 0 Å². The molecule has 1 aromatic rings. The highest BCUT2D eigenvalue weighted by Gasteiger charge is 2.44. The molecular formula is C10H12O3S. The molecule has 2 rings (SSSR count). The molecule has 0 atom stereocenters. The Bertz CT molecular complexity index is 458. The minimum Gasteiger partial charge on any atom is -0.385 e. The number of benzene rings is 1. The fraction of sp³-hybridized carbons (Fsp3) is 0.400. The predicted octanol–water partition coefficient (Wildman–Crippen LogP) is 1.07. The molecule has 0 radical (unpaired) electrons. The van der Waals surface area contributed by atoms with Gasteiger partial charge in [0.25, 0.3) is 0 Å². The smallest absolute Gasteiger partial charge is 0.175 e. The van der Waals surface area contributed by atoms with Gasteiger partial charge in [-0.1, -0.05) is 18.2 Å². The Morgan fingerprint density at radius 2 is 1.86 bits per heavy atom. The van der Waals surface area contributed by atoms with Crippen molar-refractivity contribution in [1.82, 2.24) is 0 Å². The SMILES string of the molecule is CS(=O)(=O)c1ccccc1C1(O)CC1. The zero-order chi connectivity index (χ0) is 10.4. The molecule has 14 heavy (non-hydrogen) atoms. The first kappa shape index (κ1) is 9.68. The van der Waals surface area contributed by atoms with E-state index in [2.05, 4.69) is 0 Å². The Morgan fingerprint density at radius 1 is 1.29 bits per heavy atom. The second-order valence-electron chi connectivity index (χ2n) is 3.80. The molecule has 0 spiro atoms. The molecule has 0 amide bonds. The predicted molar refractivity (Wildman–Crippen MR) is 52.7 cm³/mol. The number of rotatable bonds is 2. The van der Waals surface area contributed by atoms with Crippen molar-refractivity contribution in [1.29, 1.82) is 0 Å². The van der Waals surface area contributed by atoms with Crippen molar-refractivity contribution < 1.29 is 13.5 Å². The quantitative estimate of drug-likeness (QED) is 0.797. The molecule has 1 aliphatic rings. The maximum absolute atomic E-state index is 11.4. The van der Waals surface area contributed by atoms with E-state index in [1.807, 2.05) is 0 Å². The van der Waals surface area contributed by atoms with E-state index in [0.717, 1.165) is 6.26 Å². The summed E-state index contributed by atoms with van der Waals surface area (Å²) in [5.74, 6) is 0. The van der Waals surface area contributed by atoms with Gasteiger partial charge in [-0.05, 0) is 18.9 Å². The van der Waals surface area contributed by atoms with E-state index in [4.69, 9.17) is 0 Å². The first-order valence-corrected chi connectivity index (χ1v) is 6.35. The number of hydrogen-bond acceptors (Lipinski definition) is 3. The van der Waals surface area contributed by atoms with Crippen LogP contribution in [0.3, 0.4) is 0 Å². The van der Waals surface area contributed by atoms with Crippen molar-refractivity contribution in [3.63, 3.8) is 0 Å². The third-order valence-electron chi connectivity index (χ3n) is 2.51. The first-order chi connectivity index (χ1) is 6.43. The lowest BCUT2D eigenvalue weighted by Crippen LogP contribution is -2.11. The van der Waals surface area contributed by atoms with Gasteiger partial charge in [-0.2, -0.15) is 0 Å². The topological polar surface area (TPSA) is 54.4 Å². The van der Waals surface area contributed by atoms with Crippen molar-refractivity contribution >= 4 is 9.84 Å². The van der Waals surface area contributed by atoms with E-state index in [1.165, 1.54) is 0 Å². The molecule has 0 aromatic heterocycles. The van der Waals surface area contributed by atoms with Gasteiger partial charge in [-0.15, -0.1) is 0 Å². The summed E-state index contributed by atoms with van der Waals surface area (Å²) in [7, 11) is -3.24. The monoisotopic (exact) mass is 212 g/mol. The summed E-state index contributed by atoms with van der Waals surface area (Å²) in [6, 6.07) is 6.65. The summed E-state index contributed by atoms with van der Waals surface area (Å²) in [6.45, 7) is 0. The van der Waals surface area contributed by atoms with Gasteiger partial charge < -0.3 is 5.11 Å². The van der Waals surface area contributed by atoms with Crippen molar-refractivity contribution in [3.8, 4) is 0 Å². The molecule has 1 aliphatic carbocycles. The summed E-state index contributed by atoms with van der Waals surface area (Å²) < 4.78 is 22.8. The van der Waals surface area contributed by atoms with Crippen LogP contribution in [-0.4, -0.2) is 19.8 Å². The Labute approximate surface area is 83.3 Å². The van der Waals surface area contributed by atoms with Crippen LogP contribution in [-0.2, 0) is 15.4 Å². The van der Waals surface area contributed by atoms with Crippen molar-refractivity contribution in [2.24, 2.45) is 0 Å². The largest absolute Gasteiger partial charge is 0.385 e. The molecule has 76 valence electrons. The van der Waals surface area contributed by atoms with Crippen LogP contribution in [0.25, 0.3) is 0 Å². The molecule has 4 heteroatoms. The highest BCUT2D eigenvalue weighted by atomic mass is 32.2. The summed E-state index contributed by atoms with van der Waals surface area (Å²) in [6.07, 6.45) is 2.47. The fourth-order valence-electron chi connectivity index (χ4n) is 1.56. The average molecular weight is 212 g/mol. The maximum atomic E-state index is 11.4. The van der Waals surface area contributed by atoms with E-state index in [0.29, 0.717) is 18.4 Å². The van der Waals surface area contributed by atoms with Gasteiger partial charge in [-0.3, -0.25) is 0 Å². The summed E-state index contributed by atoms with van der Waals surface area (Å²) in [5, 5.41) is 9.88. The zero-order valence-electron chi connectivity index (χ0n) is 7.90. The molecule has 3 nitrogen and oxygen atoms in total. The summed E-state index contributed by atoms with van der Waals surface area (Å²) in [5.41, 5.74) is -0.345. The molecule has 0 saturated heterocycles. The van der Waals surface area contributed by atoms with E-state index < -0.39 is 15.4 Å². The van der Waals surface area contributed by atoms with Crippen LogP contribution in [0.2, 0.25) is 0 Å². The number of hydrogen-bond donors (Lipinski definition) is 1. The second kappa shape index (κ2) is 2.81. The number of aliphatic hydroxyl groups is 1. The lowest BCUT2D eigenvalue weighted by atomic mass is 10.1. The highest BCUT2D eigenvalue weighted by molar-refractivity contribution is 7.90. The molecule has 1 N–H and O–H groups in total. The Hall–Kier alpha value is -0.870. The van der Waals surface area contributed by atoms with Crippen molar-refractivity contribution in [2.75, 3.05) is 6.26 Å². The summed E-state index contributed by atoms with van der Waals surface area (Å²) in [4.78, 5) is 0.250. The van der Waals surface area contributed by atoms with Crippen LogP contribution in [0.15, 0.2) is 29.2 Å². The molecule has 1 aromatic carbocycles. The van der Waals surface area contributed by atoms with Gasteiger partial charge in [0.1, 0.15) is 0 Å². The van der Waals surface area contributed by atoms with E-state index in [1.54, 1.807) is 24.3 Å². The van der Waals surface area contributed by atoms with Gasteiger partial charge in [0.05, 0.1) is 10.5 Å². The minimum atomic E-state index is -3.24. The van der Waals surface area contributed by atoms with Crippen molar-refractivity contribution in [2.45, 2.75) is 23.3 Å². The van der Waals surface area contributed by atoms with Crippen molar-refractivity contribution in [3.05, 3.63) is 29.8 Å². The standard InChI is InChI=1S/C10H12O3S/c1-14(12,13)9-5-3-2-4-8(9)10(11)6-7-10/h2-5,11H,6-7H2,1H3. The lowest BCUT2D eigenvalue weighted by molar-refractivity contribution is 0.148. The van der Waals surface area contributed by atoms with Crippen LogP contribution in [0.1, 0.15) is 18.4 Å². The van der Waals surface area contributed by atoms with Gasteiger partial charge in [0.2, 0.25) is 0 Å². The van der Waals surface area contributed by atoms with Gasteiger partial charge in [0.15, 0.2) is 9.84 Å². The van der Waals surface area contributed by atoms with Crippen LogP contribution in [0.4, 0.5) is 0 Å². The van der Waals surface area contributed by atoms with Gasteiger partial charge in [-0.25, -0.2) is 8.42 Å². The maximum Gasteiger partial charge on any atom is 0.175 e. The van der Waals surface area contributed by atoms with Crippen LogP contribution in [0.5, 0.6) is 0 Å². The molecule has 0 bridgehead atoms. The Morgan fingerprint density at radius 3 is 2.36 bits per heavy atom. The zero-order valence-corrected chi connectivity index (χ0v) is 8.71. The second-order valence-corrected chi connectivity index (χ2v) is 5.78. The van der Waals surface area contributed by atoms with Gasteiger partial charge in [0, 0.05) is 11.8 Å². The third kappa shape index (κ3) is 1.55. The summed E-state index contributed by atoms with van der Waals surface area (Å²) >= 11 is 0. The Balaban J connectivity index is 2.61. The molecule has 1 saturated carbocycles. The van der Waals surface area contributed by atoms with E-state index in [-0.39, 0.29) is 4.90 Å². The normalized spacial score (nSPS) is 19.3. The van der Waals surface area contributed by atoms with E-state index >= 15 is 0 Å². The lowest BCUT2D eigenvalue weighted by Gasteiger charge is -2.12. The van der Waals surface area contributed by atoms with E-state index in [9.17, 15) is 13.5 Å². The molecule has 1 fully saturated rings. The Kier molecular flexibility index (Phi) is 1.94. The number of sulfone groups is 1. The first-order valence-electron chi connectivity index (χ1n) is 4.45. The van der Waals surface area contributed by atoms with Gasteiger partial charge >= 0.3 is 0 Å². The van der Waals surface area contributed by atoms with Crippen LogP contribution in [0, 0.1) is 0 Å². The third-order valence-corrected chi connectivity index (χ3v) is 3.67.